The third-order valence-electron chi connectivity index (χ3n) is 9.69. The molecule has 0 amide bonds. The van der Waals surface area contributed by atoms with Crippen LogP contribution in [0.1, 0.15) is 66.7 Å². The third kappa shape index (κ3) is 3.27. The van der Waals surface area contributed by atoms with Gasteiger partial charge < -0.3 is 15.7 Å². The SMILES string of the molecule is C[C@H](N)[C@H]1[C@@H]2[C@@H](C)C3=CC4=CC[C@H](N(C)C)C(C)(C)[C@H]4CC[C@H]3C[C@]2(C)C[C@@H]1O. The van der Waals surface area contributed by atoms with Crippen LogP contribution in [0.4, 0.5) is 0 Å². The smallest absolute Gasteiger partial charge is 0.0591 e. The van der Waals surface area contributed by atoms with E-state index in [2.05, 4.69) is 65.8 Å². The maximum Gasteiger partial charge on any atom is 0.0591 e. The third-order valence-corrected chi connectivity index (χ3v) is 9.69. The number of allylic oxidation sites excluding steroid dienone is 3. The Balaban J connectivity index is 1.71. The van der Waals surface area contributed by atoms with Crippen molar-refractivity contribution in [3.63, 3.8) is 0 Å². The van der Waals surface area contributed by atoms with Gasteiger partial charge in [0.15, 0.2) is 0 Å². The van der Waals surface area contributed by atoms with E-state index in [0.717, 1.165) is 12.8 Å². The number of aliphatic hydroxyl groups is 1. The topological polar surface area (TPSA) is 49.5 Å². The van der Waals surface area contributed by atoms with Gasteiger partial charge in [-0.2, -0.15) is 0 Å². The minimum absolute atomic E-state index is 0.0589. The first-order valence-electron chi connectivity index (χ1n) is 12.0. The lowest BCUT2D eigenvalue weighted by atomic mass is 9.56. The van der Waals surface area contributed by atoms with Crippen molar-refractivity contribution in [3.8, 4) is 0 Å². The lowest BCUT2D eigenvalue weighted by Crippen LogP contribution is -2.47. The molecule has 0 radical (unpaired) electrons. The highest BCUT2D eigenvalue weighted by atomic mass is 16.3. The summed E-state index contributed by atoms with van der Waals surface area (Å²) in [5.74, 6) is 2.57. The molecule has 3 N–H and O–H groups in total. The van der Waals surface area contributed by atoms with Crippen molar-refractivity contribution in [2.24, 2.45) is 46.2 Å². The van der Waals surface area contributed by atoms with Gasteiger partial charge in [-0.05, 0) is 93.2 Å². The van der Waals surface area contributed by atoms with Gasteiger partial charge in [0.25, 0.3) is 0 Å². The molecule has 4 aliphatic rings. The van der Waals surface area contributed by atoms with Crippen LogP contribution in [0.5, 0.6) is 0 Å². The van der Waals surface area contributed by atoms with Crippen LogP contribution in [-0.4, -0.2) is 42.3 Å². The predicted molar refractivity (Wildman–Crippen MR) is 121 cm³/mol. The van der Waals surface area contributed by atoms with E-state index in [1.54, 1.807) is 11.1 Å². The van der Waals surface area contributed by atoms with E-state index in [4.69, 9.17) is 5.73 Å². The van der Waals surface area contributed by atoms with E-state index in [1.807, 2.05) is 0 Å². The molecule has 0 bridgehead atoms. The monoisotopic (exact) mass is 400 g/mol. The van der Waals surface area contributed by atoms with Gasteiger partial charge in [0, 0.05) is 18.0 Å². The summed E-state index contributed by atoms with van der Waals surface area (Å²) in [5, 5.41) is 10.9. The number of rotatable bonds is 2. The first kappa shape index (κ1) is 21.6. The van der Waals surface area contributed by atoms with Crippen molar-refractivity contribution in [2.45, 2.75) is 84.9 Å². The molecular formula is C26H44N2O. The molecule has 29 heavy (non-hydrogen) atoms. The summed E-state index contributed by atoms with van der Waals surface area (Å²) in [6.45, 7) is 12.0. The zero-order chi connectivity index (χ0) is 21.3. The molecule has 0 aromatic heterocycles. The molecular weight excluding hydrogens is 356 g/mol. The summed E-state index contributed by atoms with van der Waals surface area (Å²) in [6.07, 6.45) is 10.8. The summed E-state index contributed by atoms with van der Waals surface area (Å²) in [4.78, 5) is 2.43. The van der Waals surface area contributed by atoms with Gasteiger partial charge in [0.1, 0.15) is 0 Å². The van der Waals surface area contributed by atoms with E-state index < -0.39 is 0 Å². The first-order chi connectivity index (χ1) is 13.5. The van der Waals surface area contributed by atoms with Crippen LogP contribution < -0.4 is 5.73 Å². The van der Waals surface area contributed by atoms with Gasteiger partial charge in [-0.25, -0.2) is 0 Å². The largest absolute Gasteiger partial charge is 0.393 e. The Kier molecular flexibility index (Phi) is 5.36. The van der Waals surface area contributed by atoms with Crippen molar-refractivity contribution in [2.75, 3.05) is 14.1 Å². The van der Waals surface area contributed by atoms with Crippen LogP contribution in [0.15, 0.2) is 23.3 Å². The van der Waals surface area contributed by atoms with Crippen LogP contribution in [0.25, 0.3) is 0 Å². The van der Waals surface area contributed by atoms with Gasteiger partial charge in [0.05, 0.1) is 6.10 Å². The highest BCUT2D eigenvalue weighted by molar-refractivity contribution is 5.36. The second kappa shape index (κ2) is 7.21. The molecule has 2 saturated carbocycles. The number of aliphatic hydroxyl groups excluding tert-OH is 1. The summed E-state index contributed by atoms with van der Waals surface area (Å²) < 4.78 is 0. The number of hydrogen-bond acceptors (Lipinski definition) is 3. The standard InChI is InChI=1S/C26H44N2O/c1-15-19-12-17-9-11-22(28(6)7)25(3,4)20(17)10-8-18(19)13-26(5)14-21(29)23(16(2)27)24(15)26/h9,12,15-16,18,20-24,29H,8,10-11,13-14,27H2,1-7H3/t15-,16-,18-,20-,21-,22-,23+,24-,26+/m0/s1. The van der Waals surface area contributed by atoms with Gasteiger partial charge >= 0.3 is 0 Å². The van der Waals surface area contributed by atoms with Crippen LogP contribution in [0, 0.1) is 40.4 Å². The Morgan fingerprint density at radius 3 is 2.48 bits per heavy atom. The Morgan fingerprint density at radius 2 is 1.86 bits per heavy atom. The van der Waals surface area contributed by atoms with Gasteiger partial charge in [-0.3, -0.25) is 0 Å². The van der Waals surface area contributed by atoms with Gasteiger partial charge in [0.2, 0.25) is 0 Å². The molecule has 0 heterocycles. The van der Waals surface area contributed by atoms with Gasteiger partial charge in [-0.1, -0.05) is 45.4 Å². The van der Waals surface area contributed by atoms with Crippen molar-refractivity contribution >= 4 is 0 Å². The highest BCUT2D eigenvalue weighted by Crippen LogP contribution is 2.62. The fraction of sp³-hybridized carbons (Fsp3) is 0.846. The molecule has 0 aliphatic heterocycles. The van der Waals surface area contributed by atoms with Crippen molar-refractivity contribution < 1.29 is 5.11 Å². The fourth-order valence-electron chi connectivity index (χ4n) is 8.56. The van der Waals surface area contributed by atoms with Crippen LogP contribution >= 0.6 is 0 Å². The molecule has 3 heteroatoms. The van der Waals surface area contributed by atoms with Crippen molar-refractivity contribution in [1.29, 1.82) is 0 Å². The fourth-order valence-corrected chi connectivity index (χ4v) is 8.56. The molecule has 0 unspecified atom stereocenters. The molecule has 3 nitrogen and oxygen atoms in total. The van der Waals surface area contributed by atoms with Crippen molar-refractivity contribution in [3.05, 3.63) is 23.3 Å². The Hall–Kier alpha value is -0.640. The summed E-state index contributed by atoms with van der Waals surface area (Å²) >= 11 is 0. The van der Waals surface area contributed by atoms with E-state index in [0.29, 0.717) is 35.1 Å². The molecule has 0 saturated heterocycles. The Morgan fingerprint density at radius 1 is 1.17 bits per heavy atom. The van der Waals surface area contributed by atoms with Crippen LogP contribution in [-0.2, 0) is 0 Å². The summed E-state index contributed by atoms with van der Waals surface area (Å²) in [7, 11) is 4.48. The van der Waals surface area contributed by atoms with E-state index in [9.17, 15) is 5.11 Å². The molecule has 0 aromatic rings. The summed E-state index contributed by atoms with van der Waals surface area (Å²) in [6, 6.07) is 0.672. The van der Waals surface area contributed by atoms with E-state index in [-0.39, 0.29) is 23.5 Å². The van der Waals surface area contributed by atoms with E-state index >= 15 is 0 Å². The Bertz CT molecular complexity index is 705. The lowest BCUT2D eigenvalue weighted by Gasteiger charge is -2.48. The molecule has 4 aliphatic carbocycles. The normalized spacial score (nSPS) is 47.4. The highest BCUT2D eigenvalue weighted by Gasteiger charge is 2.58. The zero-order valence-corrected chi connectivity index (χ0v) is 19.8. The van der Waals surface area contributed by atoms with E-state index in [1.165, 1.54) is 19.3 Å². The molecule has 4 rings (SSSR count). The number of nitrogens with zero attached hydrogens (tertiary/aromatic N) is 1. The lowest BCUT2D eigenvalue weighted by molar-refractivity contribution is 0.0535. The minimum Gasteiger partial charge on any atom is -0.393 e. The molecule has 0 aromatic carbocycles. The predicted octanol–water partition coefficient (Wildman–Crippen LogP) is 4.62. The second-order valence-electron chi connectivity index (χ2n) is 12.1. The van der Waals surface area contributed by atoms with Crippen LogP contribution in [0.3, 0.4) is 0 Å². The van der Waals surface area contributed by atoms with Gasteiger partial charge in [-0.15, -0.1) is 0 Å². The molecule has 9 atom stereocenters. The Labute approximate surface area is 178 Å². The molecule has 0 spiro atoms. The maximum absolute atomic E-state index is 10.9. The number of nitrogens with two attached hydrogens (primary N) is 1. The van der Waals surface area contributed by atoms with Crippen LogP contribution in [0.2, 0.25) is 0 Å². The maximum atomic E-state index is 10.9. The molecule has 2 fully saturated rings. The first-order valence-corrected chi connectivity index (χ1v) is 12.0. The average molecular weight is 401 g/mol. The molecule has 164 valence electrons. The summed E-state index contributed by atoms with van der Waals surface area (Å²) in [5.41, 5.74) is 10.2. The quantitative estimate of drug-likeness (QED) is 0.711. The van der Waals surface area contributed by atoms with Crippen molar-refractivity contribution in [1.82, 2.24) is 4.90 Å². The second-order valence-corrected chi connectivity index (χ2v) is 12.1. The zero-order valence-electron chi connectivity index (χ0n) is 19.8. The minimum atomic E-state index is -0.239. The number of hydrogen-bond donors (Lipinski definition) is 2. The number of fused-ring (bicyclic) bond motifs is 3. The average Bonchev–Trinajstić information content (AvgIpc) is 2.73.